The van der Waals surface area contributed by atoms with E-state index in [-0.39, 0.29) is 18.6 Å². The molecule has 1 aromatic carbocycles. The highest BCUT2D eigenvalue weighted by Crippen LogP contribution is 2.34. The number of carboxylic acid groups (broad SMARTS) is 1. The predicted octanol–water partition coefficient (Wildman–Crippen LogP) is 3.00. The molecule has 22 heavy (non-hydrogen) atoms. The monoisotopic (exact) mass is 304 g/mol. The van der Waals surface area contributed by atoms with E-state index < -0.39 is 18.0 Å². The number of esters is 1. The lowest BCUT2D eigenvalue weighted by atomic mass is 9.97. The molecule has 1 heterocycles. The van der Waals surface area contributed by atoms with Crippen molar-refractivity contribution in [3.8, 4) is 0 Å². The Bertz CT molecular complexity index is 562. The summed E-state index contributed by atoms with van der Waals surface area (Å²) in [6, 6.07) is 9.35. The van der Waals surface area contributed by atoms with E-state index in [1.54, 1.807) is 0 Å². The smallest absolute Gasteiger partial charge is 0.374 e. The number of hydrogen-bond acceptors (Lipinski definition) is 4. The number of benzene rings is 1. The Morgan fingerprint density at radius 2 is 2.05 bits per heavy atom. The number of aliphatic carboxylic acids is 1. The number of hydrogen-bond donors (Lipinski definition) is 1. The fourth-order valence-corrected chi connectivity index (χ4v) is 2.35. The minimum Gasteiger partial charge on any atom is -0.486 e. The van der Waals surface area contributed by atoms with Crippen LogP contribution >= 0.6 is 0 Å². The van der Waals surface area contributed by atoms with E-state index in [9.17, 15) is 9.59 Å². The maximum absolute atomic E-state index is 12.1. The lowest BCUT2D eigenvalue weighted by Crippen LogP contribution is -2.13. The van der Waals surface area contributed by atoms with Gasteiger partial charge in [-0.2, -0.15) is 0 Å². The molecule has 0 amide bonds. The molecule has 5 nitrogen and oxygen atoms in total. The number of ether oxygens (including phenoxy) is 2. The maximum Gasteiger partial charge on any atom is 0.374 e. The van der Waals surface area contributed by atoms with E-state index in [2.05, 4.69) is 0 Å². The summed E-state index contributed by atoms with van der Waals surface area (Å²) in [7, 11) is 0. The summed E-state index contributed by atoms with van der Waals surface area (Å²) in [5.41, 5.74) is 1.48. The first-order chi connectivity index (χ1) is 10.6. The number of carboxylic acids is 1. The van der Waals surface area contributed by atoms with Crippen molar-refractivity contribution in [2.75, 3.05) is 6.61 Å². The van der Waals surface area contributed by atoms with Gasteiger partial charge in [-0.05, 0) is 18.4 Å². The Morgan fingerprint density at radius 3 is 2.68 bits per heavy atom. The van der Waals surface area contributed by atoms with Crippen LogP contribution in [-0.2, 0) is 19.1 Å². The topological polar surface area (TPSA) is 72.8 Å². The van der Waals surface area contributed by atoms with Crippen molar-refractivity contribution in [2.45, 2.75) is 38.7 Å². The van der Waals surface area contributed by atoms with Crippen molar-refractivity contribution in [3.05, 3.63) is 41.7 Å². The molecule has 5 heteroatoms. The third kappa shape index (κ3) is 3.87. The van der Waals surface area contributed by atoms with Crippen LogP contribution in [0.2, 0.25) is 0 Å². The standard InChI is InChI=1S/C17H20O5/c1-2-3-11-21-16-15(12-7-5-4-6-8-12)13(22-17(16)20)9-10-14(18)19/h4-8,13H,2-3,9-11H2,1H3,(H,18,19). The second-order valence-electron chi connectivity index (χ2n) is 5.14. The van der Waals surface area contributed by atoms with Crippen LogP contribution in [0.3, 0.4) is 0 Å². The Kier molecular flexibility index (Phi) is 5.58. The van der Waals surface area contributed by atoms with Gasteiger partial charge in [0.1, 0.15) is 6.10 Å². The average molecular weight is 304 g/mol. The average Bonchev–Trinajstić information content (AvgIpc) is 2.82. The van der Waals surface area contributed by atoms with Gasteiger partial charge in [-0.25, -0.2) is 4.79 Å². The Hall–Kier alpha value is -2.30. The second kappa shape index (κ2) is 7.64. The van der Waals surface area contributed by atoms with Gasteiger partial charge in [-0.15, -0.1) is 0 Å². The van der Waals surface area contributed by atoms with Gasteiger partial charge in [0.15, 0.2) is 0 Å². The number of unbranched alkanes of at least 4 members (excludes halogenated alkanes) is 1. The van der Waals surface area contributed by atoms with Crippen molar-refractivity contribution in [2.24, 2.45) is 0 Å². The predicted molar refractivity (Wildman–Crippen MR) is 81.0 cm³/mol. The largest absolute Gasteiger partial charge is 0.486 e. The van der Waals surface area contributed by atoms with Gasteiger partial charge in [-0.3, -0.25) is 4.79 Å². The Balaban J connectivity index is 2.28. The summed E-state index contributed by atoms with van der Waals surface area (Å²) in [6.45, 7) is 2.49. The molecule has 1 unspecified atom stereocenters. The van der Waals surface area contributed by atoms with E-state index in [1.165, 1.54) is 0 Å². The highest BCUT2D eigenvalue weighted by molar-refractivity contribution is 6.01. The first-order valence-corrected chi connectivity index (χ1v) is 7.48. The molecule has 1 aromatic rings. The van der Waals surface area contributed by atoms with Gasteiger partial charge in [0.05, 0.1) is 6.61 Å². The van der Waals surface area contributed by atoms with E-state index in [1.807, 2.05) is 37.3 Å². The zero-order valence-corrected chi connectivity index (χ0v) is 12.6. The molecule has 1 atom stereocenters. The third-order valence-electron chi connectivity index (χ3n) is 3.45. The fourth-order valence-electron chi connectivity index (χ4n) is 2.35. The van der Waals surface area contributed by atoms with Crippen LogP contribution in [0.4, 0.5) is 0 Å². The molecule has 0 bridgehead atoms. The molecule has 0 aliphatic carbocycles. The molecule has 2 rings (SSSR count). The zero-order chi connectivity index (χ0) is 15.9. The van der Waals surface area contributed by atoms with Crippen LogP contribution < -0.4 is 0 Å². The molecule has 0 aromatic heterocycles. The summed E-state index contributed by atoms with van der Waals surface area (Å²) in [4.78, 5) is 22.8. The van der Waals surface area contributed by atoms with Gasteiger partial charge >= 0.3 is 11.9 Å². The van der Waals surface area contributed by atoms with Crippen molar-refractivity contribution in [1.82, 2.24) is 0 Å². The Labute approximate surface area is 129 Å². The van der Waals surface area contributed by atoms with Gasteiger partial charge in [0, 0.05) is 12.0 Å². The maximum atomic E-state index is 12.1. The van der Waals surface area contributed by atoms with E-state index in [0.717, 1.165) is 18.4 Å². The minimum absolute atomic E-state index is 0.0590. The summed E-state index contributed by atoms with van der Waals surface area (Å²) in [6.07, 6.45) is 1.43. The first-order valence-electron chi connectivity index (χ1n) is 7.48. The Morgan fingerprint density at radius 1 is 1.32 bits per heavy atom. The van der Waals surface area contributed by atoms with Crippen molar-refractivity contribution in [3.63, 3.8) is 0 Å². The highest BCUT2D eigenvalue weighted by atomic mass is 16.6. The van der Waals surface area contributed by atoms with Crippen molar-refractivity contribution < 1.29 is 24.2 Å². The van der Waals surface area contributed by atoms with Gasteiger partial charge < -0.3 is 14.6 Å². The van der Waals surface area contributed by atoms with Crippen LogP contribution in [0.5, 0.6) is 0 Å². The lowest BCUT2D eigenvalue weighted by Gasteiger charge is -2.13. The summed E-state index contributed by atoms with van der Waals surface area (Å²) in [5.74, 6) is -1.20. The number of carbonyl (C=O) groups is 2. The normalized spacial score (nSPS) is 17.5. The molecule has 1 aliphatic heterocycles. The van der Waals surface area contributed by atoms with Crippen LogP contribution in [0.25, 0.3) is 5.57 Å². The van der Waals surface area contributed by atoms with Crippen molar-refractivity contribution in [1.29, 1.82) is 0 Å². The second-order valence-corrected chi connectivity index (χ2v) is 5.14. The molecule has 0 fully saturated rings. The molecule has 1 aliphatic rings. The number of cyclic esters (lactones) is 1. The zero-order valence-electron chi connectivity index (χ0n) is 12.6. The number of carbonyl (C=O) groups excluding carboxylic acids is 1. The highest BCUT2D eigenvalue weighted by Gasteiger charge is 2.36. The molecule has 0 saturated carbocycles. The lowest BCUT2D eigenvalue weighted by molar-refractivity contribution is -0.145. The van der Waals surface area contributed by atoms with Crippen LogP contribution in [0.1, 0.15) is 38.2 Å². The molecule has 1 N–H and O–H groups in total. The number of rotatable bonds is 8. The van der Waals surface area contributed by atoms with Gasteiger partial charge in [0.2, 0.25) is 5.76 Å². The van der Waals surface area contributed by atoms with Gasteiger partial charge in [-0.1, -0.05) is 43.7 Å². The molecule has 0 radical (unpaired) electrons. The van der Waals surface area contributed by atoms with Crippen molar-refractivity contribution >= 4 is 17.5 Å². The van der Waals surface area contributed by atoms with Crippen LogP contribution in [0.15, 0.2) is 36.1 Å². The van der Waals surface area contributed by atoms with E-state index >= 15 is 0 Å². The minimum atomic E-state index is -0.913. The molecule has 118 valence electrons. The van der Waals surface area contributed by atoms with E-state index in [4.69, 9.17) is 14.6 Å². The molecule has 0 spiro atoms. The SMILES string of the molecule is CCCCOC1=C(c2ccccc2)C(CCC(=O)O)OC1=O. The fraction of sp³-hybridized carbons (Fsp3) is 0.412. The molecular weight excluding hydrogens is 284 g/mol. The molecular formula is C17H20O5. The van der Waals surface area contributed by atoms with Gasteiger partial charge in [0.25, 0.3) is 0 Å². The third-order valence-corrected chi connectivity index (χ3v) is 3.45. The summed E-state index contributed by atoms with van der Waals surface area (Å²) in [5, 5.41) is 8.85. The van der Waals surface area contributed by atoms with Crippen LogP contribution in [0, 0.1) is 0 Å². The first kappa shape index (κ1) is 16.1. The summed E-state index contributed by atoms with van der Waals surface area (Å²) >= 11 is 0. The van der Waals surface area contributed by atoms with E-state index in [0.29, 0.717) is 12.2 Å². The molecule has 0 saturated heterocycles. The van der Waals surface area contributed by atoms with Crippen LogP contribution in [-0.4, -0.2) is 29.8 Å². The quantitative estimate of drug-likeness (QED) is 0.590. The summed E-state index contributed by atoms with van der Waals surface area (Å²) < 4.78 is 10.9.